The molecule has 0 spiro atoms. The maximum absolute atomic E-state index is 5.77. The summed E-state index contributed by atoms with van der Waals surface area (Å²) in [5, 5.41) is 1.65. The van der Waals surface area contributed by atoms with Gasteiger partial charge in [0.2, 0.25) is 0 Å². The molecule has 0 aliphatic heterocycles. The molecule has 0 amide bonds. The second kappa shape index (κ2) is 6.30. The zero-order valence-electron chi connectivity index (χ0n) is 11.3. The third kappa shape index (κ3) is 4.14. The van der Waals surface area contributed by atoms with Crippen LogP contribution in [0, 0.1) is 13.8 Å². The number of hydrogen-bond donors (Lipinski definition) is 1. The molecule has 19 heavy (non-hydrogen) atoms. The van der Waals surface area contributed by atoms with Crippen molar-refractivity contribution in [2.45, 2.75) is 29.8 Å². The highest BCUT2D eigenvalue weighted by Gasteiger charge is 2.04. The highest BCUT2D eigenvalue weighted by atomic mass is 32.2. The lowest BCUT2D eigenvalue weighted by atomic mass is 10.1. The largest absolute Gasteiger partial charge is 0.384 e. The minimum absolute atomic E-state index is 0.530. The number of thioether (sulfide) groups is 2. The predicted molar refractivity (Wildman–Crippen MR) is 83.7 cm³/mol. The first-order valence-electron chi connectivity index (χ1n) is 5.95. The lowest BCUT2D eigenvalue weighted by Crippen LogP contribution is -1.96. The van der Waals surface area contributed by atoms with Gasteiger partial charge in [-0.05, 0) is 25.7 Å². The van der Waals surface area contributed by atoms with Crippen molar-refractivity contribution in [3.8, 4) is 0 Å². The van der Waals surface area contributed by atoms with Crippen LogP contribution in [-0.2, 0) is 5.75 Å². The average molecular weight is 291 g/mol. The van der Waals surface area contributed by atoms with Crippen LogP contribution in [0.4, 0.5) is 5.82 Å². The van der Waals surface area contributed by atoms with E-state index in [-0.39, 0.29) is 0 Å². The molecule has 0 aliphatic rings. The summed E-state index contributed by atoms with van der Waals surface area (Å²) in [4.78, 5) is 8.60. The van der Waals surface area contributed by atoms with Gasteiger partial charge in [0.05, 0.1) is 0 Å². The van der Waals surface area contributed by atoms with E-state index in [1.165, 1.54) is 28.5 Å². The molecule has 1 heterocycles. The molecule has 0 atom stereocenters. The number of aromatic nitrogens is 2. The zero-order chi connectivity index (χ0) is 13.8. The number of benzene rings is 1. The fourth-order valence-corrected chi connectivity index (χ4v) is 3.18. The van der Waals surface area contributed by atoms with Crippen molar-refractivity contribution < 1.29 is 0 Å². The Hall–Kier alpha value is -1.20. The highest BCUT2D eigenvalue weighted by Crippen LogP contribution is 2.25. The van der Waals surface area contributed by atoms with E-state index in [9.17, 15) is 0 Å². The van der Waals surface area contributed by atoms with E-state index in [4.69, 9.17) is 5.73 Å². The Morgan fingerprint density at radius 1 is 1.05 bits per heavy atom. The SMILES string of the molecule is CSc1nc(N)cc(SCc2cc(C)cc(C)c2)n1. The Kier molecular flexibility index (Phi) is 4.71. The van der Waals surface area contributed by atoms with Gasteiger partial charge in [0.25, 0.3) is 0 Å². The number of rotatable bonds is 4. The van der Waals surface area contributed by atoms with Gasteiger partial charge in [0.15, 0.2) is 5.16 Å². The molecule has 0 unspecified atom stereocenters. The molecule has 2 N–H and O–H groups in total. The third-order valence-electron chi connectivity index (χ3n) is 2.55. The molecule has 0 saturated heterocycles. The van der Waals surface area contributed by atoms with Crippen LogP contribution < -0.4 is 5.73 Å². The molecule has 1 aromatic heterocycles. The molecule has 2 aromatic rings. The number of nitrogens with zero attached hydrogens (tertiary/aromatic N) is 2. The van der Waals surface area contributed by atoms with Gasteiger partial charge in [-0.3, -0.25) is 0 Å². The Balaban J connectivity index is 2.11. The minimum Gasteiger partial charge on any atom is -0.384 e. The summed E-state index contributed by atoms with van der Waals surface area (Å²) in [5.74, 6) is 1.43. The van der Waals surface area contributed by atoms with Crippen LogP contribution in [0.5, 0.6) is 0 Å². The molecule has 5 heteroatoms. The van der Waals surface area contributed by atoms with Crippen LogP contribution in [0.25, 0.3) is 0 Å². The van der Waals surface area contributed by atoms with Gasteiger partial charge >= 0.3 is 0 Å². The molecular formula is C14H17N3S2. The first kappa shape index (κ1) is 14.2. The van der Waals surface area contributed by atoms with Crippen LogP contribution >= 0.6 is 23.5 Å². The molecule has 100 valence electrons. The van der Waals surface area contributed by atoms with Crippen LogP contribution in [-0.4, -0.2) is 16.2 Å². The molecule has 0 aliphatic carbocycles. The van der Waals surface area contributed by atoms with E-state index in [1.54, 1.807) is 11.8 Å². The average Bonchev–Trinajstić information content (AvgIpc) is 2.34. The monoisotopic (exact) mass is 291 g/mol. The van der Waals surface area contributed by atoms with E-state index >= 15 is 0 Å². The summed E-state index contributed by atoms with van der Waals surface area (Å²) in [7, 11) is 0. The molecule has 2 rings (SSSR count). The molecule has 0 radical (unpaired) electrons. The highest BCUT2D eigenvalue weighted by molar-refractivity contribution is 7.99. The van der Waals surface area contributed by atoms with Crippen molar-refractivity contribution in [1.82, 2.24) is 9.97 Å². The molecule has 1 aromatic carbocycles. The second-order valence-corrected chi connectivity index (χ2v) is 6.17. The van der Waals surface area contributed by atoms with Gasteiger partial charge in [-0.1, -0.05) is 41.1 Å². The lowest BCUT2D eigenvalue weighted by molar-refractivity contribution is 0.901. The van der Waals surface area contributed by atoms with Gasteiger partial charge in [-0.25, -0.2) is 9.97 Å². The summed E-state index contributed by atoms with van der Waals surface area (Å²) in [5.41, 5.74) is 9.67. The molecule has 0 saturated carbocycles. The van der Waals surface area contributed by atoms with E-state index in [2.05, 4.69) is 42.0 Å². The maximum Gasteiger partial charge on any atom is 0.190 e. The third-order valence-corrected chi connectivity index (χ3v) is 4.08. The van der Waals surface area contributed by atoms with Crippen molar-refractivity contribution in [1.29, 1.82) is 0 Å². The van der Waals surface area contributed by atoms with Gasteiger partial charge in [-0.2, -0.15) is 0 Å². The summed E-state index contributed by atoms with van der Waals surface area (Å²) in [6.45, 7) is 4.24. The number of hydrogen-bond acceptors (Lipinski definition) is 5. The van der Waals surface area contributed by atoms with E-state index in [1.807, 2.05) is 12.3 Å². The first-order valence-corrected chi connectivity index (χ1v) is 8.16. The Labute approximate surface area is 122 Å². The van der Waals surface area contributed by atoms with E-state index < -0.39 is 0 Å². The fraction of sp³-hybridized carbons (Fsp3) is 0.286. The summed E-state index contributed by atoms with van der Waals surface area (Å²) >= 11 is 3.20. The standard InChI is InChI=1S/C14H17N3S2/c1-9-4-10(2)6-11(5-9)8-19-13-7-12(15)16-14(17-13)18-3/h4-7H,8H2,1-3H3,(H2,15,16,17). The summed E-state index contributed by atoms with van der Waals surface area (Å²) in [6, 6.07) is 8.43. The van der Waals surface area contributed by atoms with Gasteiger partial charge in [0.1, 0.15) is 10.8 Å². The molecule has 0 bridgehead atoms. The van der Waals surface area contributed by atoms with Crippen molar-refractivity contribution in [3.63, 3.8) is 0 Å². The van der Waals surface area contributed by atoms with Crippen molar-refractivity contribution >= 4 is 29.3 Å². The van der Waals surface area contributed by atoms with E-state index in [0.717, 1.165) is 15.9 Å². The lowest BCUT2D eigenvalue weighted by Gasteiger charge is -2.06. The summed E-state index contributed by atoms with van der Waals surface area (Å²) in [6.07, 6.45) is 1.95. The molecule has 0 fully saturated rings. The fourth-order valence-electron chi connectivity index (χ4n) is 1.90. The van der Waals surface area contributed by atoms with Crippen LogP contribution in [0.2, 0.25) is 0 Å². The van der Waals surface area contributed by atoms with E-state index in [0.29, 0.717) is 5.82 Å². The van der Waals surface area contributed by atoms with Gasteiger partial charge in [-0.15, -0.1) is 11.8 Å². The maximum atomic E-state index is 5.77. The Morgan fingerprint density at radius 3 is 2.37 bits per heavy atom. The smallest absolute Gasteiger partial charge is 0.190 e. The molecular weight excluding hydrogens is 274 g/mol. The topological polar surface area (TPSA) is 51.8 Å². The normalized spacial score (nSPS) is 10.7. The summed E-state index contributed by atoms with van der Waals surface area (Å²) < 4.78 is 0. The van der Waals surface area contributed by atoms with Crippen molar-refractivity contribution in [2.75, 3.05) is 12.0 Å². The van der Waals surface area contributed by atoms with Crippen LogP contribution in [0.1, 0.15) is 16.7 Å². The Bertz CT molecular complexity index is 565. The van der Waals surface area contributed by atoms with Gasteiger partial charge < -0.3 is 5.73 Å². The Morgan fingerprint density at radius 2 is 1.74 bits per heavy atom. The first-order chi connectivity index (χ1) is 9.06. The number of anilines is 1. The van der Waals surface area contributed by atoms with Crippen molar-refractivity contribution in [2.24, 2.45) is 0 Å². The quantitative estimate of drug-likeness (QED) is 0.529. The zero-order valence-corrected chi connectivity index (χ0v) is 12.9. The van der Waals surface area contributed by atoms with Gasteiger partial charge in [0, 0.05) is 11.8 Å². The number of nitrogen functional groups attached to an aromatic ring is 1. The second-order valence-electron chi connectivity index (χ2n) is 4.40. The minimum atomic E-state index is 0.530. The molecule has 3 nitrogen and oxygen atoms in total. The van der Waals surface area contributed by atoms with Crippen molar-refractivity contribution in [3.05, 3.63) is 41.0 Å². The van der Waals surface area contributed by atoms with Crippen LogP contribution in [0.3, 0.4) is 0 Å². The van der Waals surface area contributed by atoms with Crippen LogP contribution in [0.15, 0.2) is 34.4 Å². The number of aryl methyl sites for hydroxylation is 2. The predicted octanol–water partition coefficient (Wildman–Crippen LogP) is 3.69. The number of nitrogens with two attached hydrogens (primary N) is 1.